The molecule has 0 aliphatic heterocycles. The number of carboxylic acid groups (broad SMARTS) is 1. The summed E-state index contributed by atoms with van der Waals surface area (Å²) in [6, 6.07) is -0.155. The lowest BCUT2D eigenvalue weighted by Crippen LogP contribution is -2.36. The first kappa shape index (κ1) is 16.6. The molecule has 112 valence electrons. The summed E-state index contributed by atoms with van der Waals surface area (Å²) in [6.45, 7) is 8.35. The lowest BCUT2D eigenvalue weighted by Gasteiger charge is -2.32. The number of hydrogen-bond acceptors (Lipinski definition) is 4. The van der Waals surface area contributed by atoms with Gasteiger partial charge in [-0.2, -0.15) is 0 Å². The molecular weight excluding hydrogens is 276 g/mol. The third-order valence-electron chi connectivity index (χ3n) is 3.12. The van der Waals surface area contributed by atoms with E-state index < -0.39 is 5.97 Å². The topological polar surface area (TPSA) is 70.5 Å². The second kappa shape index (κ2) is 7.38. The van der Waals surface area contributed by atoms with Gasteiger partial charge in [-0.3, -0.25) is 4.79 Å². The summed E-state index contributed by atoms with van der Waals surface area (Å²) in [6.07, 6.45) is 1.94. The standard InChI is InChI=1S/C14H22N2O3S/c1-5-6-7-16(10(4)17)12(9(2)3)13-15-11(8-20-13)14(18)19/h8-9,12H,5-7H2,1-4H3,(H,18,19). The highest BCUT2D eigenvalue weighted by atomic mass is 32.1. The van der Waals surface area contributed by atoms with Crippen molar-refractivity contribution in [2.24, 2.45) is 5.92 Å². The van der Waals surface area contributed by atoms with Crippen LogP contribution in [0.1, 0.15) is 62.1 Å². The van der Waals surface area contributed by atoms with E-state index in [1.807, 2.05) is 13.8 Å². The van der Waals surface area contributed by atoms with Crippen LogP contribution in [0.3, 0.4) is 0 Å². The number of carbonyl (C=O) groups excluding carboxylic acids is 1. The number of amides is 1. The van der Waals surface area contributed by atoms with Crippen molar-refractivity contribution in [1.29, 1.82) is 0 Å². The first-order valence-electron chi connectivity index (χ1n) is 6.84. The van der Waals surface area contributed by atoms with E-state index in [-0.39, 0.29) is 23.6 Å². The summed E-state index contributed by atoms with van der Waals surface area (Å²) in [5.74, 6) is -0.842. The van der Waals surface area contributed by atoms with E-state index >= 15 is 0 Å². The molecule has 1 aromatic rings. The minimum absolute atomic E-state index is 0.00391. The highest BCUT2D eigenvalue weighted by Gasteiger charge is 2.28. The van der Waals surface area contributed by atoms with Crippen molar-refractivity contribution in [2.45, 2.75) is 46.6 Å². The molecule has 1 unspecified atom stereocenters. The second-order valence-electron chi connectivity index (χ2n) is 5.13. The average Bonchev–Trinajstić information content (AvgIpc) is 2.82. The summed E-state index contributed by atoms with van der Waals surface area (Å²) in [7, 11) is 0. The highest BCUT2D eigenvalue weighted by Crippen LogP contribution is 2.31. The van der Waals surface area contributed by atoms with E-state index in [1.54, 1.807) is 11.8 Å². The van der Waals surface area contributed by atoms with Crippen molar-refractivity contribution < 1.29 is 14.7 Å². The lowest BCUT2D eigenvalue weighted by atomic mass is 10.0. The Hall–Kier alpha value is -1.43. The Labute approximate surface area is 123 Å². The van der Waals surface area contributed by atoms with Gasteiger partial charge in [-0.15, -0.1) is 11.3 Å². The minimum atomic E-state index is -1.03. The van der Waals surface area contributed by atoms with Crippen molar-refractivity contribution in [3.8, 4) is 0 Å². The normalized spacial score (nSPS) is 12.4. The van der Waals surface area contributed by atoms with Gasteiger partial charge in [0, 0.05) is 18.8 Å². The molecule has 1 amide bonds. The number of carbonyl (C=O) groups is 2. The van der Waals surface area contributed by atoms with Crippen LogP contribution in [0.4, 0.5) is 0 Å². The van der Waals surface area contributed by atoms with Gasteiger partial charge in [0.1, 0.15) is 5.01 Å². The summed E-state index contributed by atoms with van der Waals surface area (Å²) in [5, 5.41) is 11.2. The molecule has 0 aliphatic carbocycles. The van der Waals surface area contributed by atoms with Crippen LogP contribution in [0.5, 0.6) is 0 Å². The van der Waals surface area contributed by atoms with E-state index in [2.05, 4.69) is 11.9 Å². The van der Waals surface area contributed by atoms with Crippen LogP contribution in [0.25, 0.3) is 0 Å². The van der Waals surface area contributed by atoms with Gasteiger partial charge in [0.2, 0.25) is 5.91 Å². The van der Waals surface area contributed by atoms with Gasteiger partial charge < -0.3 is 10.0 Å². The second-order valence-corrected chi connectivity index (χ2v) is 6.02. The number of aromatic nitrogens is 1. The molecule has 0 radical (unpaired) electrons. The SMILES string of the molecule is CCCCN(C(C)=O)C(c1nc(C(=O)O)cs1)C(C)C. The quantitative estimate of drug-likeness (QED) is 0.839. The van der Waals surface area contributed by atoms with Gasteiger partial charge >= 0.3 is 5.97 Å². The van der Waals surface area contributed by atoms with Gasteiger partial charge in [-0.05, 0) is 12.3 Å². The molecule has 0 aromatic carbocycles. The maximum Gasteiger partial charge on any atom is 0.355 e. The van der Waals surface area contributed by atoms with Crippen molar-refractivity contribution in [1.82, 2.24) is 9.88 Å². The van der Waals surface area contributed by atoms with E-state index in [4.69, 9.17) is 5.11 Å². The van der Waals surface area contributed by atoms with Crippen molar-refractivity contribution in [2.75, 3.05) is 6.54 Å². The maximum absolute atomic E-state index is 11.9. The largest absolute Gasteiger partial charge is 0.476 e. The number of hydrogen-bond donors (Lipinski definition) is 1. The van der Waals surface area contributed by atoms with Crippen LogP contribution in [-0.4, -0.2) is 33.4 Å². The molecule has 1 aromatic heterocycles. The molecule has 1 heterocycles. The summed E-state index contributed by atoms with van der Waals surface area (Å²) in [5.41, 5.74) is 0.0506. The Morgan fingerprint density at radius 2 is 2.10 bits per heavy atom. The zero-order valence-corrected chi connectivity index (χ0v) is 13.2. The molecule has 1 rings (SSSR count). The first-order valence-corrected chi connectivity index (χ1v) is 7.72. The monoisotopic (exact) mass is 298 g/mol. The first-order chi connectivity index (χ1) is 9.38. The van der Waals surface area contributed by atoms with Crippen LogP contribution < -0.4 is 0 Å². The lowest BCUT2D eigenvalue weighted by molar-refractivity contribution is -0.132. The highest BCUT2D eigenvalue weighted by molar-refractivity contribution is 7.09. The van der Waals surface area contributed by atoms with E-state index in [9.17, 15) is 9.59 Å². The molecule has 6 heteroatoms. The summed E-state index contributed by atoms with van der Waals surface area (Å²) < 4.78 is 0. The van der Waals surface area contributed by atoms with Crippen LogP contribution in [-0.2, 0) is 4.79 Å². The third kappa shape index (κ3) is 4.03. The molecule has 20 heavy (non-hydrogen) atoms. The smallest absolute Gasteiger partial charge is 0.355 e. The third-order valence-corrected chi connectivity index (χ3v) is 4.03. The summed E-state index contributed by atoms with van der Waals surface area (Å²) >= 11 is 1.31. The molecule has 0 bridgehead atoms. The van der Waals surface area contributed by atoms with E-state index in [1.165, 1.54) is 16.7 Å². The summed E-state index contributed by atoms with van der Waals surface area (Å²) in [4.78, 5) is 28.8. The van der Waals surface area contributed by atoms with Crippen molar-refractivity contribution >= 4 is 23.2 Å². The van der Waals surface area contributed by atoms with Gasteiger partial charge in [0.05, 0.1) is 6.04 Å². The minimum Gasteiger partial charge on any atom is -0.476 e. The zero-order chi connectivity index (χ0) is 15.3. The van der Waals surface area contributed by atoms with Crippen molar-refractivity contribution in [3.05, 3.63) is 16.1 Å². The predicted molar refractivity (Wildman–Crippen MR) is 78.9 cm³/mol. The predicted octanol–water partition coefficient (Wildman–Crippen LogP) is 3.19. The Kier molecular flexibility index (Phi) is 6.13. The Balaban J connectivity index is 3.06. The van der Waals surface area contributed by atoms with Crippen LogP contribution in [0, 0.1) is 5.92 Å². The van der Waals surface area contributed by atoms with Gasteiger partial charge in [0.25, 0.3) is 0 Å². The number of carboxylic acids is 1. The number of unbranched alkanes of at least 4 members (excludes halogenated alkanes) is 1. The molecule has 0 saturated carbocycles. The molecule has 0 saturated heterocycles. The van der Waals surface area contributed by atoms with Crippen LogP contribution >= 0.6 is 11.3 Å². The fourth-order valence-electron chi connectivity index (χ4n) is 2.12. The van der Waals surface area contributed by atoms with Gasteiger partial charge in [-0.25, -0.2) is 9.78 Å². The molecule has 0 spiro atoms. The van der Waals surface area contributed by atoms with Crippen LogP contribution in [0.2, 0.25) is 0 Å². The van der Waals surface area contributed by atoms with Gasteiger partial charge in [0.15, 0.2) is 5.69 Å². The molecule has 1 atom stereocenters. The zero-order valence-electron chi connectivity index (χ0n) is 12.4. The fraction of sp³-hybridized carbons (Fsp3) is 0.643. The number of nitrogens with zero attached hydrogens (tertiary/aromatic N) is 2. The number of thiazole rings is 1. The Morgan fingerprint density at radius 3 is 2.50 bits per heavy atom. The van der Waals surface area contributed by atoms with Crippen molar-refractivity contribution in [3.63, 3.8) is 0 Å². The number of aromatic carboxylic acids is 1. The Morgan fingerprint density at radius 1 is 1.45 bits per heavy atom. The molecule has 5 nitrogen and oxygen atoms in total. The molecule has 0 fully saturated rings. The van der Waals surface area contributed by atoms with E-state index in [0.29, 0.717) is 11.6 Å². The number of rotatable bonds is 7. The molecule has 1 N–H and O–H groups in total. The average molecular weight is 298 g/mol. The van der Waals surface area contributed by atoms with Gasteiger partial charge in [-0.1, -0.05) is 27.2 Å². The van der Waals surface area contributed by atoms with E-state index in [0.717, 1.165) is 12.8 Å². The molecule has 0 aliphatic rings. The molecular formula is C14H22N2O3S. The maximum atomic E-state index is 11.9. The Bertz CT molecular complexity index is 471. The fourth-order valence-corrected chi connectivity index (χ4v) is 3.20. The van der Waals surface area contributed by atoms with Crippen LogP contribution in [0.15, 0.2) is 5.38 Å².